The monoisotopic (exact) mass is 335 g/mol. The lowest BCUT2D eigenvalue weighted by atomic mass is 10.2. The summed E-state index contributed by atoms with van der Waals surface area (Å²) >= 11 is 0. The highest BCUT2D eigenvalue weighted by Crippen LogP contribution is 2.37. The van der Waals surface area contributed by atoms with Crippen molar-refractivity contribution in [3.63, 3.8) is 0 Å². The minimum atomic E-state index is -0.433. The first-order valence-electron chi connectivity index (χ1n) is 6.72. The fraction of sp³-hybridized carbons (Fsp3) is 0.308. The van der Waals surface area contributed by atoms with Crippen molar-refractivity contribution in [1.82, 2.24) is 25.6 Å². The van der Waals surface area contributed by atoms with Gasteiger partial charge in [0.2, 0.25) is 11.7 Å². The summed E-state index contributed by atoms with van der Waals surface area (Å²) in [6.45, 7) is -0.147. The third kappa shape index (κ3) is 3.88. The Bertz CT molecular complexity index is 719. The minimum absolute atomic E-state index is 0.0405. The fourth-order valence-electron chi connectivity index (χ4n) is 1.85. The number of nitrogen functional groups attached to an aromatic ring is 1. The number of tetrazole rings is 1. The Morgan fingerprint density at radius 1 is 1.29 bits per heavy atom. The number of nitrogens with zero attached hydrogens (tertiary/aromatic N) is 5. The zero-order chi connectivity index (χ0) is 17.5. The van der Waals surface area contributed by atoms with Gasteiger partial charge < -0.3 is 19.9 Å². The van der Waals surface area contributed by atoms with E-state index in [-0.39, 0.29) is 12.5 Å². The number of methoxy groups -OCH3 is 3. The number of nitrogens with two attached hydrogens (primary N) is 1. The maximum atomic E-state index is 11.7. The zero-order valence-corrected chi connectivity index (χ0v) is 13.4. The highest BCUT2D eigenvalue weighted by Gasteiger charge is 2.12. The van der Waals surface area contributed by atoms with E-state index in [0.29, 0.717) is 22.8 Å². The van der Waals surface area contributed by atoms with E-state index in [1.165, 1.54) is 27.5 Å². The number of carbonyl (C=O) groups is 1. The van der Waals surface area contributed by atoms with Crippen LogP contribution in [-0.4, -0.2) is 53.7 Å². The molecule has 0 aliphatic carbocycles. The van der Waals surface area contributed by atoms with Crippen LogP contribution in [0.4, 0.5) is 5.95 Å². The van der Waals surface area contributed by atoms with Crippen LogP contribution in [0.2, 0.25) is 0 Å². The van der Waals surface area contributed by atoms with Crippen molar-refractivity contribution >= 4 is 18.1 Å². The SMILES string of the molecule is COc1cc(/C=N/NC(=O)Cn2nnnc2N)cc(OC)c1OC. The number of carbonyl (C=O) groups excluding carboxylic acids is 1. The highest BCUT2D eigenvalue weighted by atomic mass is 16.5. The summed E-state index contributed by atoms with van der Waals surface area (Å²) in [4.78, 5) is 11.7. The summed E-state index contributed by atoms with van der Waals surface area (Å²) in [5, 5.41) is 14.2. The number of ether oxygens (including phenoxy) is 3. The van der Waals surface area contributed by atoms with Crippen LogP contribution >= 0.6 is 0 Å². The molecule has 24 heavy (non-hydrogen) atoms. The van der Waals surface area contributed by atoms with Crippen LogP contribution < -0.4 is 25.4 Å². The van der Waals surface area contributed by atoms with Crippen molar-refractivity contribution in [2.75, 3.05) is 27.1 Å². The number of hydrazone groups is 1. The van der Waals surface area contributed by atoms with Crippen molar-refractivity contribution in [1.29, 1.82) is 0 Å². The van der Waals surface area contributed by atoms with Crippen LogP contribution in [0.3, 0.4) is 0 Å². The Morgan fingerprint density at radius 3 is 2.46 bits per heavy atom. The van der Waals surface area contributed by atoms with Crippen LogP contribution in [0.25, 0.3) is 0 Å². The van der Waals surface area contributed by atoms with Gasteiger partial charge in [-0.25, -0.2) is 10.1 Å². The van der Waals surface area contributed by atoms with E-state index in [1.54, 1.807) is 12.1 Å². The molecule has 2 rings (SSSR count). The Kier molecular flexibility index (Phi) is 5.49. The number of nitrogens with one attached hydrogen (secondary N) is 1. The minimum Gasteiger partial charge on any atom is -0.493 e. The van der Waals surface area contributed by atoms with Crippen molar-refractivity contribution in [2.45, 2.75) is 6.54 Å². The van der Waals surface area contributed by atoms with Gasteiger partial charge in [0.1, 0.15) is 6.54 Å². The summed E-state index contributed by atoms with van der Waals surface area (Å²) < 4.78 is 16.8. The van der Waals surface area contributed by atoms with Gasteiger partial charge in [-0.3, -0.25) is 4.79 Å². The standard InChI is InChI=1S/C13H17N7O4/c1-22-9-4-8(5-10(23-2)12(9)24-3)6-15-16-11(21)7-20-13(14)17-18-19-20/h4-6H,7H2,1-3H3,(H,16,21)(H2,14,17,19)/b15-6+. The predicted octanol–water partition coefficient (Wildman–Crippen LogP) is -0.569. The lowest BCUT2D eigenvalue weighted by Crippen LogP contribution is -2.24. The van der Waals surface area contributed by atoms with Gasteiger partial charge in [-0.1, -0.05) is 5.10 Å². The average Bonchev–Trinajstić information content (AvgIpc) is 2.98. The molecule has 3 N–H and O–H groups in total. The molecular formula is C13H17N7O4. The second kappa shape index (κ2) is 7.76. The number of rotatable bonds is 7. The third-order valence-corrected chi connectivity index (χ3v) is 2.94. The van der Waals surface area contributed by atoms with Gasteiger partial charge in [-0.2, -0.15) is 5.10 Å². The molecule has 1 aromatic heterocycles. The Morgan fingerprint density at radius 2 is 1.96 bits per heavy atom. The van der Waals surface area contributed by atoms with Crippen molar-refractivity contribution in [2.24, 2.45) is 5.10 Å². The van der Waals surface area contributed by atoms with E-state index in [9.17, 15) is 4.79 Å². The third-order valence-electron chi connectivity index (χ3n) is 2.94. The molecule has 128 valence electrons. The van der Waals surface area contributed by atoms with Crippen LogP contribution in [0.1, 0.15) is 5.56 Å². The zero-order valence-electron chi connectivity index (χ0n) is 13.4. The molecule has 0 aliphatic rings. The lowest BCUT2D eigenvalue weighted by molar-refractivity contribution is -0.121. The summed E-state index contributed by atoms with van der Waals surface area (Å²) in [5.74, 6) is 1.03. The summed E-state index contributed by atoms with van der Waals surface area (Å²) in [5.41, 5.74) is 8.46. The van der Waals surface area contributed by atoms with Gasteiger partial charge >= 0.3 is 0 Å². The van der Waals surface area contributed by atoms with Crippen LogP contribution in [0.15, 0.2) is 17.2 Å². The molecule has 0 aliphatic heterocycles. The van der Waals surface area contributed by atoms with E-state index in [2.05, 4.69) is 26.1 Å². The molecule has 0 saturated carbocycles. The maximum Gasteiger partial charge on any atom is 0.261 e. The molecular weight excluding hydrogens is 318 g/mol. The van der Waals surface area contributed by atoms with E-state index in [0.717, 1.165) is 4.68 Å². The van der Waals surface area contributed by atoms with Crippen molar-refractivity contribution in [3.05, 3.63) is 17.7 Å². The van der Waals surface area contributed by atoms with Crippen molar-refractivity contribution < 1.29 is 19.0 Å². The Hall–Kier alpha value is -3.37. The number of amides is 1. The van der Waals surface area contributed by atoms with Gasteiger partial charge in [-0.15, -0.1) is 0 Å². The first-order valence-corrected chi connectivity index (χ1v) is 6.72. The second-order valence-electron chi connectivity index (χ2n) is 4.45. The first kappa shape index (κ1) is 17.0. The Balaban J connectivity index is 2.06. The average molecular weight is 335 g/mol. The molecule has 0 atom stereocenters. The summed E-state index contributed by atoms with van der Waals surface area (Å²) in [6, 6.07) is 3.38. The molecule has 11 heteroatoms. The molecule has 0 fully saturated rings. The second-order valence-corrected chi connectivity index (χ2v) is 4.45. The van der Waals surface area contributed by atoms with E-state index < -0.39 is 5.91 Å². The van der Waals surface area contributed by atoms with Gasteiger partial charge in [0.15, 0.2) is 11.5 Å². The number of aromatic nitrogens is 4. The van der Waals surface area contributed by atoms with Gasteiger partial charge in [0.05, 0.1) is 27.5 Å². The molecule has 2 aromatic rings. The number of anilines is 1. The lowest BCUT2D eigenvalue weighted by Gasteiger charge is -2.12. The largest absolute Gasteiger partial charge is 0.493 e. The van der Waals surface area contributed by atoms with Gasteiger partial charge in [-0.05, 0) is 22.6 Å². The van der Waals surface area contributed by atoms with Gasteiger partial charge in [0.25, 0.3) is 5.91 Å². The molecule has 1 aromatic carbocycles. The molecule has 0 bridgehead atoms. The van der Waals surface area contributed by atoms with Crippen LogP contribution in [-0.2, 0) is 11.3 Å². The molecule has 0 unspecified atom stereocenters. The molecule has 1 amide bonds. The topological polar surface area (TPSA) is 139 Å². The molecule has 0 spiro atoms. The van der Waals surface area contributed by atoms with Crippen LogP contribution in [0, 0.1) is 0 Å². The predicted molar refractivity (Wildman–Crippen MR) is 84.1 cm³/mol. The van der Waals surface area contributed by atoms with Crippen LogP contribution in [0.5, 0.6) is 17.2 Å². The maximum absolute atomic E-state index is 11.7. The number of hydrogen-bond donors (Lipinski definition) is 2. The number of hydrogen-bond acceptors (Lipinski definition) is 9. The molecule has 1 heterocycles. The normalized spacial score (nSPS) is 10.6. The fourth-order valence-corrected chi connectivity index (χ4v) is 1.85. The van der Waals surface area contributed by atoms with E-state index in [4.69, 9.17) is 19.9 Å². The summed E-state index contributed by atoms with van der Waals surface area (Å²) in [6.07, 6.45) is 1.44. The van der Waals surface area contributed by atoms with E-state index in [1.807, 2.05) is 0 Å². The van der Waals surface area contributed by atoms with Gasteiger partial charge in [0, 0.05) is 5.56 Å². The molecule has 0 radical (unpaired) electrons. The molecule has 0 saturated heterocycles. The molecule has 11 nitrogen and oxygen atoms in total. The van der Waals surface area contributed by atoms with E-state index >= 15 is 0 Å². The Labute approximate surface area is 137 Å². The summed E-state index contributed by atoms with van der Waals surface area (Å²) in [7, 11) is 4.53. The first-order chi connectivity index (χ1) is 11.6. The quantitative estimate of drug-likeness (QED) is 0.506. The number of benzene rings is 1. The smallest absolute Gasteiger partial charge is 0.261 e. The van der Waals surface area contributed by atoms with Crippen molar-refractivity contribution in [3.8, 4) is 17.2 Å². The highest BCUT2D eigenvalue weighted by molar-refractivity contribution is 5.84.